The summed E-state index contributed by atoms with van der Waals surface area (Å²) in [4.78, 5) is 27.6. The molecule has 0 bridgehead atoms. The fourth-order valence-corrected chi connectivity index (χ4v) is 5.22. The van der Waals surface area contributed by atoms with Gasteiger partial charge >= 0.3 is 0 Å². The van der Waals surface area contributed by atoms with Gasteiger partial charge in [-0.15, -0.1) is 0 Å². The highest BCUT2D eigenvalue weighted by atomic mass is 16.5. The average molecular weight is 386 g/mol. The van der Waals surface area contributed by atoms with Crippen molar-refractivity contribution < 1.29 is 14.1 Å². The summed E-state index contributed by atoms with van der Waals surface area (Å²) in [7, 11) is 0. The minimum Gasteiger partial charge on any atom is -0.360 e. The number of carbonyl (C=O) groups excluding carboxylic acids is 2. The lowest BCUT2D eigenvalue weighted by Gasteiger charge is -2.38. The van der Waals surface area contributed by atoms with Crippen molar-refractivity contribution in [3.8, 4) is 0 Å². The molecule has 3 heterocycles. The molecule has 2 aliphatic carbocycles. The van der Waals surface area contributed by atoms with E-state index in [0.29, 0.717) is 17.5 Å². The first-order valence-electron chi connectivity index (χ1n) is 10.8. The predicted octanol–water partition coefficient (Wildman–Crippen LogP) is 2.05. The molecule has 2 aliphatic heterocycles. The summed E-state index contributed by atoms with van der Waals surface area (Å²) in [6.07, 6.45) is 7.17. The molecule has 2 saturated heterocycles. The number of carbonyl (C=O) groups is 2. The fraction of sp³-hybridized carbons (Fsp3) is 0.762. The Morgan fingerprint density at radius 3 is 2.79 bits per heavy atom. The van der Waals surface area contributed by atoms with E-state index in [2.05, 4.69) is 27.6 Å². The standard InChI is InChI=1S/C21H30N4O3/c1-13-10-15(23-19(26)17-11-18(28-24-17)14-2-3-14)4-9-25(13)20(27)16-12-21(16)5-7-22-8-6-21/h11,13-16,22H,2-10,12H2,1H3,(H,23,26)/t13-,15?,16?/m0/s1. The maximum absolute atomic E-state index is 13.1. The molecule has 7 nitrogen and oxygen atoms in total. The van der Waals surface area contributed by atoms with E-state index in [1.54, 1.807) is 6.07 Å². The normalized spacial score (nSPS) is 31.6. The Bertz CT molecular complexity index is 765. The number of hydrogen-bond acceptors (Lipinski definition) is 5. The van der Waals surface area contributed by atoms with Crippen LogP contribution in [0.5, 0.6) is 0 Å². The third-order valence-electron chi connectivity index (χ3n) is 7.32. The minimum atomic E-state index is -0.163. The number of nitrogens with one attached hydrogen (secondary N) is 2. The molecule has 7 heteroatoms. The van der Waals surface area contributed by atoms with E-state index in [4.69, 9.17) is 4.52 Å². The SMILES string of the molecule is C[C@H]1CC(NC(=O)c2cc(C3CC3)on2)CCN1C(=O)C1CC12CCNCC2. The third kappa shape index (κ3) is 3.34. The van der Waals surface area contributed by atoms with E-state index in [1.165, 1.54) is 0 Å². The third-order valence-corrected chi connectivity index (χ3v) is 7.32. The number of aromatic nitrogens is 1. The van der Waals surface area contributed by atoms with Gasteiger partial charge in [0.15, 0.2) is 5.69 Å². The number of rotatable bonds is 4. The van der Waals surface area contributed by atoms with Gasteiger partial charge in [-0.05, 0) is 70.4 Å². The zero-order valence-electron chi connectivity index (χ0n) is 16.6. The van der Waals surface area contributed by atoms with Gasteiger partial charge in [-0.25, -0.2) is 0 Å². The van der Waals surface area contributed by atoms with Crippen LogP contribution < -0.4 is 10.6 Å². The zero-order valence-corrected chi connectivity index (χ0v) is 16.6. The second-order valence-corrected chi connectivity index (χ2v) is 9.33. The maximum Gasteiger partial charge on any atom is 0.273 e. The lowest BCUT2D eigenvalue weighted by molar-refractivity contribution is -0.137. The molecular formula is C21H30N4O3. The van der Waals surface area contributed by atoms with E-state index in [9.17, 15) is 9.59 Å². The van der Waals surface area contributed by atoms with Crippen molar-refractivity contribution in [3.63, 3.8) is 0 Å². The van der Waals surface area contributed by atoms with E-state index < -0.39 is 0 Å². The monoisotopic (exact) mass is 386 g/mol. The Labute approximate surface area is 165 Å². The van der Waals surface area contributed by atoms with Gasteiger partial charge in [0.2, 0.25) is 5.91 Å². The van der Waals surface area contributed by atoms with E-state index in [1.807, 2.05) is 0 Å². The highest BCUT2D eigenvalue weighted by molar-refractivity contribution is 5.92. The molecule has 3 atom stereocenters. The molecule has 0 aromatic carbocycles. The first-order chi connectivity index (χ1) is 13.6. The van der Waals surface area contributed by atoms with Gasteiger partial charge in [-0.2, -0.15) is 0 Å². The van der Waals surface area contributed by atoms with Gasteiger partial charge in [-0.1, -0.05) is 5.16 Å². The molecule has 1 aromatic heterocycles. The van der Waals surface area contributed by atoms with Gasteiger partial charge in [0, 0.05) is 36.5 Å². The number of likely N-dealkylation sites (tertiary alicyclic amines) is 1. The van der Waals surface area contributed by atoms with Gasteiger partial charge < -0.3 is 20.1 Å². The Morgan fingerprint density at radius 2 is 2.07 bits per heavy atom. The molecule has 2 amide bonds. The summed E-state index contributed by atoms with van der Waals surface area (Å²) < 4.78 is 5.29. The Kier molecular flexibility index (Phi) is 4.45. The topological polar surface area (TPSA) is 87.5 Å². The maximum atomic E-state index is 13.1. The first kappa shape index (κ1) is 18.2. The Morgan fingerprint density at radius 1 is 1.29 bits per heavy atom. The van der Waals surface area contributed by atoms with Crippen LogP contribution in [0.25, 0.3) is 0 Å². The van der Waals surface area contributed by atoms with E-state index in [-0.39, 0.29) is 29.3 Å². The average Bonchev–Trinajstić information content (AvgIpc) is 3.60. The number of nitrogens with zero attached hydrogens (tertiary/aromatic N) is 2. The summed E-state index contributed by atoms with van der Waals surface area (Å²) in [6, 6.07) is 2.02. The molecule has 4 aliphatic rings. The van der Waals surface area contributed by atoms with Crippen molar-refractivity contribution in [3.05, 3.63) is 17.5 Å². The summed E-state index contributed by atoms with van der Waals surface area (Å²) in [6.45, 7) is 4.91. The minimum absolute atomic E-state index is 0.0830. The van der Waals surface area contributed by atoms with Crippen molar-refractivity contribution in [2.45, 2.75) is 69.9 Å². The van der Waals surface area contributed by atoms with Crippen LogP contribution in [-0.4, -0.2) is 53.6 Å². The molecule has 2 saturated carbocycles. The number of hydrogen-bond donors (Lipinski definition) is 2. The molecule has 1 aromatic rings. The molecule has 5 rings (SSSR count). The summed E-state index contributed by atoms with van der Waals surface area (Å²) in [5, 5.41) is 10.4. The lowest BCUT2D eigenvalue weighted by atomic mass is 9.90. The van der Waals surface area contributed by atoms with Crippen molar-refractivity contribution in [2.24, 2.45) is 11.3 Å². The van der Waals surface area contributed by atoms with Crippen LogP contribution >= 0.6 is 0 Å². The molecule has 1 spiro atoms. The summed E-state index contributed by atoms with van der Waals surface area (Å²) >= 11 is 0. The van der Waals surface area contributed by atoms with Crippen LogP contribution in [0.3, 0.4) is 0 Å². The largest absolute Gasteiger partial charge is 0.360 e. The van der Waals surface area contributed by atoms with Gasteiger partial charge in [0.1, 0.15) is 5.76 Å². The van der Waals surface area contributed by atoms with E-state index >= 15 is 0 Å². The van der Waals surface area contributed by atoms with Gasteiger partial charge in [-0.3, -0.25) is 9.59 Å². The van der Waals surface area contributed by atoms with Crippen LogP contribution in [0.4, 0.5) is 0 Å². The van der Waals surface area contributed by atoms with Crippen LogP contribution in [0.15, 0.2) is 10.6 Å². The predicted molar refractivity (Wildman–Crippen MR) is 103 cm³/mol. The Balaban J connectivity index is 1.14. The quantitative estimate of drug-likeness (QED) is 0.827. The summed E-state index contributed by atoms with van der Waals surface area (Å²) in [5.41, 5.74) is 0.651. The molecule has 2 unspecified atom stereocenters. The molecule has 2 N–H and O–H groups in total. The van der Waals surface area contributed by atoms with Crippen molar-refractivity contribution in [1.29, 1.82) is 0 Å². The molecular weight excluding hydrogens is 356 g/mol. The number of piperidine rings is 2. The smallest absolute Gasteiger partial charge is 0.273 e. The second kappa shape index (κ2) is 6.87. The van der Waals surface area contributed by atoms with Gasteiger partial charge in [0.25, 0.3) is 5.91 Å². The molecule has 0 radical (unpaired) electrons. The Hall–Kier alpha value is -1.89. The van der Waals surface area contributed by atoms with Crippen LogP contribution in [0, 0.1) is 11.3 Å². The molecule has 4 fully saturated rings. The number of amides is 2. The summed E-state index contributed by atoms with van der Waals surface area (Å²) in [5.74, 6) is 1.68. The lowest BCUT2D eigenvalue weighted by Crippen LogP contribution is -2.51. The highest BCUT2D eigenvalue weighted by Crippen LogP contribution is 2.59. The van der Waals surface area contributed by atoms with Gasteiger partial charge in [0.05, 0.1) is 0 Å². The van der Waals surface area contributed by atoms with Crippen molar-refractivity contribution >= 4 is 11.8 Å². The second-order valence-electron chi connectivity index (χ2n) is 9.33. The van der Waals surface area contributed by atoms with Crippen molar-refractivity contribution in [1.82, 2.24) is 20.7 Å². The first-order valence-corrected chi connectivity index (χ1v) is 10.8. The molecule has 152 valence electrons. The van der Waals surface area contributed by atoms with Crippen molar-refractivity contribution in [2.75, 3.05) is 19.6 Å². The molecule has 28 heavy (non-hydrogen) atoms. The highest BCUT2D eigenvalue weighted by Gasteiger charge is 2.59. The fourth-order valence-electron chi connectivity index (χ4n) is 5.22. The van der Waals surface area contributed by atoms with Crippen LogP contribution in [0.2, 0.25) is 0 Å². The van der Waals surface area contributed by atoms with E-state index in [0.717, 1.165) is 70.3 Å². The van der Waals surface area contributed by atoms with Crippen LogP contribution in [-0.2, 0) is 4.79 Å². The van der Waals surface area contributed by atoms with Crippen LogP contribution in [0.1, 0.15) is 74.0 Å². The zero-order chi connectivity index (χ0) is 19.3.